The predicted molar refractivity (Wildman–Crippen MR) is 67.0 cm³/mol. The molecule has 1 aliphatic rings. The first-order valence-corrected chi connectivity index (χ1v) is 5.71. The van der Waals surface area contributed by atoms with E-state index in [0.717, 1.165) is 0 Å². The van der Waals surface area contributed by atoms with Crippen molar-refractivity contribution >= 4 is 29.0 Å². The van der Waals surface area contributed by atoms with Crippen molar-refractivity contribution in [1.82, 2.24) is 0 Å². The number of ketones is 1. The van der Waals surface area contributed by atoms with Crippen LogP contribution in [0.15, 0.2) is 54.1 Å². The van der Waals surface area contributed by atoms with E-state index in [1.807, 2.05) is 18.2 Å². The molecular formula is C13H10Cl2O. The maximum atomic E-state index is 12.0. The smallest absolute Gasteiger partial charge is 0.192 e. The molecule has 0 aliphatic heterocycles. The minimum Gasteiger partial charge on any atom is -0.289 e. The van der Waals surface area contributed by atoms with Crippen LogP contribution in [0.2, 0.25) is 0 Å². The second-order valence-electron chi connectivity index (χ2n) is 3.65. The molecule has 1 aliphatic carbocycles. The average Bonchev–Trinajstić information content (AvgIpc) is 2.29. The van der Waals surface area contributed by atoms with E-state index >= 15 is 0 Å². The van der Waals surface area contributed by atoms with Crippen molar-refractivity contribution in [2.75, 3.05) is 0 Å². The third-order valence-electron chi connectivity index (χ3n) is 2.40. The number of carbonyl (C=O) groups excluding carboxylic acids is 1. The number of allylic oxidation sites excluding steroid dienone is 4. The van der Waals surface area contributed by atoms with Crippen LogP contribution >= 0.6 is 23.2 Å². The SMILES string of the molecule is O=C(C1=CCC(Cl)(Cl)C=C1)c1ccccc1. The molecule has 0 unspecified atom stereocenters. The van der Waals surface area contributed by atoms with Crippen LogP contribution in [-0.4, -0.2) is 10.1 Å². The molecule has 0 fully saturated rings. The highest BCUT2D eigenvalue weighted by atomic mass is 35.5. The van der Waals surface area contributed by atoms with Crippen molar-refractivity contribution in [3.63, 3.8) is 0 Å². The molecule has 0 heterocycles. The van der Waals surface area contributed by atoms with Gasteiger partial charge in [-0.1, -0.05) is 65.7 Å². The molecular weight excluding hydrogens is 243 g/mol. The van der Waals surface area contributed by atoms with Gasteiger partial charge in [-0.15, -0.1) is 0 Å². The van der Waals surface area contributed by atoms with Crippen LogP contribution in [0.5, 0.6) is 0 Å². The summed E-state index contributed by atoms with van der Waals surface area (Å²) in [6, 6.07) is 9.15. The van der Waals surface area contributed by atoms with Gasteiger partial charge in [-0.3, -0.25) is 4.79 Å². The van der Waals surface area contributed by atoms with Crippen molar-refractivity contribution in [3.8, 4) is 0 Å². The normalized spacial score (nSPS) is 18.0. The van der Waals surface area contributed by atoms with E-state index in [1.165, 1.54) is 0 Å². The fourth-order valence-electron chi connectivity index (χ4n) is 1.52. The molecule has 0 amide bonds. The van der Waals surface area contributed by atoms with Crippen molar-refractivity contribution < 1.29 is 4.79 Å². The van der Waals surface area contributed by atoms with E-state index in [4.69, 9.17) is 23.2 Å². The lowest BCUT2D eigenvalue weighted by Crippen LogP contribution is -2.13. The molecule has 0 spiro atoms. The summed E-state index contributed by atoms with van der Waals surface area (Å²) in [5.74, 6) is 0.000633. The van der Waals surface area contributed by atoms with Crippen LogP contribution in [0.3, 0.4) is 0 Å². The number of alkyl halides is 2. The molecule has 0 saturated heterocycles. The molecule has 3 heteroatoms. The zero-order valence-electron chi connectivity index (χ0n) is 8.49. The van der Waals surface area contributed by atoms with Gasteiger partial charge in [-0.25, -0.2) is 0 Å². The van der Waals surface area contributed by atoms with Gasteiger partial charge in [0, 0.05) is 17.6 Å². The molecule has 0 bridgehead atoms. The molecule has 2 rings (SSSR count). The number of benzene rings is 1. The molecule has 16 heavy (non-hydrogen) atoms. The molecule has 0 radical (unpaired) electrons. The molecule has 1 nitrogen and oxygen atoms in total. The molecule has 0 atom stereocenters. The van der Waals surface area contributed by atoms with E-state index in [0.29, 0.717) is 17.6 Å². The van der Waals surface area contributed by atoms with Gasteiger partial charge in [0.25, 0.3) is 0 Å². The van der Waals surface area contributed by atoms with E-state index in [2.05, 4.69) is 0 Å². The van der Waals surface area contributed by atoms with Gasteiger partial charge < -0.3 is 0 Å². The summed E-state index contributed by atoms with van der Waals surface area (Å²) in [4.78, 5) is 12.0. The first-order valence-electron chi connectivity index (χ1n) is 4.95. The lowest BCUT2D eigenvalue weighted by atomic mass is 9.98. The van der Waals surface area contributed by atoms with Gasteiger partial charge in [-0.05, 0) is 6.08 Å². The van der Waals surface area contributed by atoms with E-state index < -0.39 is 4.33 Å². The van der Waals surface area contributed by atoms with Crippen molar-refractivity contribution in [2.24, 2.45) is 0 Å². The van der Waals surface area contributed by atoms with Crippen molar-refractivity contribution in [2.45, 2.75) is 10.8 Å². The Morgan fingerprint density at radius 1 is 1.19 bits per heavy atom. The van der Waals surface area contributed by atoms with E-state index in [9.17, 15) is 4.79 Å². The molecule has 0 N–H and O–H groups in total. The van der Waals surface area contributed by atoms with Crippen LogP contribution in [0.4, 0.5) is 0 Å². The molecule has 1 aromatic carbocycles. The molecule has 1 aromatic rings. The summed E-state index contributed by atoms with van der Waals surface area (Å²) < 4.78 is -0.875. The second kappa shape index (κ2) is 4.44. The average molecular weight is 253 g/mol. The summed E-state index contributed by atoms with van der Waals surface area (Å²) in [5.41, 5.74) is 1.32. The summed E-state index contributed by atoms with van der Waals surface area (Å²) in [5, 5.41) is 0. The minimum absolute atomic E-state index is 0.000633. The number of Topliss-reactive ketones (excluding diaryl/α,β-unsaturated/α-hetero) is 1. The number of hydrogen-bond donors (Lipinski definition) is 0. The standard InChI is InChI=1S/C13H10Cl2O/c14-13(15)8-6-11(7-9-13)12(16)10-4-2-1-3-5-10/h1-8H,9H2. The van der Waals surface area contributed by atoms with Crippen LogP contribution in [0.25, 0.3) is 0 Å². The Balaban J connectivity index is 2.20. The fourth-order valence-corrected chi connectivity index (χ4v) is 1.80. The highest BCUT2D eigenvalue weighted by molar-refractivity contribution is 6.50. The lowest BCUT2D eigenvalue weighted by molar-refractivity contribution is 0.103. The molecule has 82 valence electrons. The van der Waals surface area contributed by atoms with Gasteiger partial charge in [0.15, 0.2) is 5.78 Å². The summed E-state index contributed by atoms with van der Waals surface area (Å²) in [7, 11) is 0. The van der Waals surface area contributed by atoms with Crippen LogP contribution in [-0.2, 0) is 0 Å². The summed E-state index contributed by atoms with van der Waals surface area (Å²) >= 11 is 11.8. The summed E-state index contributed by atoms with van der Waals surface area (Å²) in [6.07, 6.45) is 5.56. The topological polar surface area (TPSA) is 17.1 Å². The number of rotatable bonds is 2. The van der Waals surface area contributed by atoms with Gasteiger partial charge in [0.05, 0.1) is 0 Å². The van der Waals surface area contributed by atoms with Crippen LogP contribution < -0.4 is 0 Å². The first-order chi connectivity index (χ1) is 7.58. The number of hydrogen-bond acceptors (Lipinski definition) is 1. The van der Waals surface area contributed by atoms with E-state index in [1.54, 1.807) is 30.4 Å². The first kappa shape index (κ1) is 11.4. The van der Waals surface area contributed by atoms with Crippen molar-refractivity contribution in [1.29, 1.82) is 0 Å². The number of halogens is 2. The van der Waals surface area contributed by atoms with Gasteiger partial charge in [-0.2, -0.15) is 0 Å². The van der Waals surface area contributed by atoms with Crippen molar-refractivity contribution in [3.05, 3.63) is 59.7 Å². The number of carbonyl (C=O) groups is 1. The Morgan fingerprint density at radius 3 is 2.44 bits per heavy atom. The second-order valence-corrected chi connectivity index (χ2v) is 5.20. The summed E-state index contributed by atoms with van der Waals surface area (Å²) in [6.45, 7) is 0. The van der Waals surface area contributed by atoms with Gasteiger partial charge in [0.1, 0.15) is 4.33 Å². The van der Waals surface area contributed by atoms with E-state index in [-0.39, 0.29) is 5.78 Å². The van der Waals surface area contributed by atoms with Crippen LogP contribution in [0.1, 0.15) is 16.8 Å². The third-order valence-corrected chi connectivity index (χ3v) is 2.96. The Morgan fingerprint density at radius 2 is 1.88 bits per heavy atom. The minimum atomic E-state index is -0.875. The molecule has 0 saturated carbocycles. The zero-order valence-corrected chi connectivity index (χ0v) is 10.0. The fraction of sp³-hybridized carbons (Fsp3) is 0.154. The lowest BCUT2D eigenvalue weighted by Gasteiger charge is -2.17. The molecule has 0 aromatic heterocycles. The highest BCUT2D eigenvalue weighted by Gasteiger charge is 2.23. The maximum Gasteiger partial charge on any atom is 0.192 e. The van der Waals surface area contributed by atoms with Gasteiger partial charge >= 0.3 is 0 Å². The zero-order chi connectivity index (χ0) is 11.6. The maximum absolute atomic E-state index is 12.0. The highest BCUT2D eigenvalue weighted by Crippen LogP contribution is 2.32. The largest absolute Gasteiger partial charge is 0.289 e. The Hall–Kier alpha value is -1.05. The predicted octanol–water partition coefficient (Wildman–Crippen LogP) is 3.93. The Labute approximate surface area is 104 Å². The monoisotopic (exact) mass is 252 g/mol. The Bertz CT molecular complexity index is 458. The quantitative estimate of drug-likeness (QED) is 0.576. The van der Waals surface area contributed by atoms with Crippen LogP contribution in [0, 0.1) is 0 Å². The van der Waals surface area contributed by atoms with Gasteiger partial charge in [0.2, 0.25) is 0 Å². The third kappa shape index (κ3) is 2.55. The Kier molecular flexibility index (Phi) is 3.17.